The Bertz CT molecular complexity index is 1140. The number of carbonyl (C=O) groups is 3. The Hall–Kier alpha value is -3.88. The number of hydrogen-bond acceptors (Lipinski definition) is 5. The number of nitrogens with zero attached hydrogens (tertiary/aromatic N) is 5. The number of anilines is 1. The Labute approximate surface area is 198 Å². The predicted octanol–water partition coefficient (Wildman–Crippen LogP) is 1.53. The van der Waals surface area contributed by atoms with E-state index in [-0.39, 0.29) is 30.9 Å². The highest BCUT2D eigenvalue weighted by Gasteiger charge is 2.43. The Morgan fingerprint density at radius 3 is 2.47 bits per heavy atom. The van der Waals surface area contributed by atoms with Gasteiger partial charge < -0.3 is 20.0 Å². The molecule has 1 N–H and O–H groups in total. The fraction of sp³-hybridized carbons (Fsp3) is 0.360. The number of nitrogens with one attached hydrogen (secondary N) is 1. The van der Waals surface area contributed by atoms with Gasteiger partial charge >= 0.3 is 6.03 Å². The van der Waals surface area contributed by atoms with Crippen molar-refractivity contribution in [2.45, 2.75) is 13.0 Å². The normalized spacial score (nSPS) is 20.6. The number of urea groups is 1. The van der Waals surface area contributed by atoms with Gasteiger partial charge in [0.05, 0.1) is 23.9 Å². The Morgan fingerprint density at radius 2 is 1.79 bits per heavy atom. The molecule has 0 bridgehead atoms. The molecular weight excluding hydrogens is 432 g/mol. The van der Waals surface area contributed by atoms with Crippen molar-refractivity contribution in [1.29, 1.82) is 0 Å². The summed E-state index contributed by atoms with van der Waals surface area (Å²) >= 11 is 0. The number of aryl methyl sites for hydroxylation is 1. The molecule has 0 aliphatic carbocycles. The molecule has 1 aromatic heterocycles. The smallest absolute Gasteiger partial charge is 0.322 e. The maximum Gasteiger partial charge on any atom is 0.322 e. The van der Waals surface area contributed by atoms with Crippen LogP contribution >= 0.6 is 0 Å². The molecule has 4 amide bonds. The van der Waals surface area contributed by atoms with E-state index in [9.17, 15) is 14.4 Å². The number of benzene rings is 1. The molecule has 1 saturated heterocycles. The summed E-state index contributed by atoms with van der Waals surface area (Å²) in [7, 11) is 1.66. The van der Waals surface area contributed by atoms with Crippen LogP contribution in [0.25, 0.3) is 0 Å². The van der Waals surface area contributed by atoms with Gasteiger partial charge in [0.2, 0.25) is 5.91 Å². The van der Waals surface area contributed by atoms with Crippen LogP contribution in [0.5, 0.6) is 0 Å². The van der Waals surface area contributed by atoms with Crippen LogP contribution in [-0.4, -0.2) is 83.8 Å². The number of aromatic nitrogens is 1. The quantitative estimate of drug-likeness (QED) is 0.748. The molecule has 176 valence electrons. The third-order valence-electron chi connectivity index (χ3n) is 6.78. The Balaban J connectivity index is 1.27. The zero-order valence-corrected chi connectivity index (χ0v) is 19.4. The summed E-state index contributed by atoms with van der Waals surface area (Å²) in [4.78, 5) is 50.4. The van der Waals surface area contributed by atoms with E-state index in [1.165, 1.54) is 4.90 Å². The van der Waals surface area contributed by atoms with Gasteiger partial charge in [0, 0.05) is 39.4 Å². The molecule has 9 heteroatoms. The standard InChI is InChI=1S/C25H28N6O3/c1-17-6-8-18(9-7-17)23-22-19(28(2)25(34)27-23)15-31(24(22)33)16-21(32)30-13-11-29(12-14-30)20-5-3-4-10-26-20/h3-10,23H,11-16H2,1-2H3,(H,27,34)/t23-/m1/s1. The number of pyridine rings is 1. The first-order valence-electron chi connectivity index (χ1n) is 11.5. The van der Waals surface area contributed by atoms with E-state index in [2.05, 4.69) is 15.2 Å². The monoisotopic (exact) mass is 460 g/mol. The number of piperazine rings is 1. The maximum atomic E-state index is 13.4. The first-order chi connectivity index (χ1) is 16.4. The first-order valence-corrected chi connectivity index (χ1v) is 11.5. The van der Waals surface area contributed by atoms with Gasteiger partial charge in [0.25, 0.3) is 5.91 Å². The molecule has 1 fully saturated rings. The van der Waals surface area contributed by atoms with Gasteiger partial charge in [-0.3, -0.25) is 14.5 Å². The summed E-state index contributed by atoms with van der Waals surface area (Å²) in [5, 5.41) is 2.94. The van der Waals surface area contributed by atoms with Gasteiger partial charge in [-0.15, -0.1) is 0 Å². The number of rotatable bonds is 4. The molecule has 0 radical (unpaired) electrons. The molecule has 5 rings (SSSR count). The van der Waals surface area contributed by atoms with Crippen LogP contribution in [0.2, 0.25) is 0 Å². The molecule has 9 nitrogen and oxygen atoms in total. The van der Waals surface area contributed by atoms with Crippen LogP contribution < -0.4 is 10.2 Å². The van der Waals surface area contributed by atoms with Crippen LogP contribution in [0.15, 0.2) is 59.9 Å². The molecular formula is C25H28N6O3. The van der Waals surface area contributed by atoms with Crippen molar-refractivity contribution in [3.8, 4) is 0 Å². The minimum Gasteiger partial charge on any atom is -0.353 e. The molecule has 34 heavy (non-hydrogen) atoms. The Morgan fingerprint density at radius 1 is 1.06 bits per heavy atom. The van der Waals surface area contributed by atoms with Gasteiger partial charge in [-0.05, 0) is 24.6 Å². The number of hydrogen-bond donors (Lipinski definition) is 1. The zero-order chi connectivity index (χ0) is 23.8. The minimum absolute atomic E-state index is 0.00192. The van der Waals surface area contributed by atoms with Crippen LogP contribution in [0.1, 0.15) is 17.2 Å². The molecule has 3 aliphatic rings. The molecule has 1 atom stereocenters. The lowest BCUT2D eigenvalue weighted by Crippen LogP contribution is -2.51. The fourth-order valence-corrected chi connectivity index (χ4v) is 4.75. The number of carbonyl (C=O) groups excluding carboxylic acids is 3. The van der Waals surface area contributed by atoms with Gasteiger partial charge in [-0.1, -0.05) is 35.9 Å². The molecule has 2 aromatic rings. The van der Waals surface area contributed by atoms with Gasteiger partial charge in [-0.2, -0.15) is 0 Å². The van der Waals surface area contributed by atoms with Crippen molar-refractivity contribution in [2.75, 3.05) is 51.2 Å². The number of likely N-dealkylation sites (N-methyl/N-ethyl adjacent to an activating group) is 1. The highest BCUT2D eigenvalue weighted by molar-refractivity contribution is 6.03. The maximum absolute atomic E-state index is 13.4. The second kappa shape index (κ2) is 8.81. The van der Waals surface area contributed by atoms with E-state index >= 15 is 0 Å². The van der Waals surface area contributed by atoms with Crippen LogP contribution in [0.4, 0.5) is 10.6 Å². The second-order valence-electron chi connectivity index (χ2n) is 8.93. The predicted molar refractivity (Wildman–Crippen MR) is 127 cm³/mol. The molecule has 4 heterocycles. The lowest BCUT2D eigenvalue weighted by molar-refractivity contribution is -0.137. The van der Waals surface area contributed by atoms with Crippen molar-refractivity contribution in [2.24, 2.45) is 0 Å². The summed E-state index contributed by atoms with van der Waals surface area (Å²) in [5.74, 6) is 0.624. The average Bonchev–Trinajstić information content (AvgIpc) is 3.18. The van der Waals surface area contributed by atoms with Gasteiger partial charge in [-0.25, -0.2) is 9.78 Å². The summed E-state index contributed by atoms with van der Waals surface area (Å²) < 4.78 is 0. The average molecular weight is 461 g/mol. The molecule has 3 aliphatic heterocycles. The number of amides is 4. The van der Waals surface area contributed by atoms with Gasteiger partial charge in [0.1, 0.15) is 12.4 Å². The lowest BCUT2D eigenvalue weighted by Gasteiger charge is -2.36. The third kappa shape index (κ3) is 3.98. The summed E-state index contributed by atoms with van der Waals surface area (Å²) in [5.41, 5.74) is 3.16. The topological polar surface area (TPSA) is 89.1 Å². The van der Waals surface area contributed by atoms with Crippen molar-refractivity contribution in [3.05, 3.63) is 71.1 Å². The van der Waals surface area contributed by atoms with Crippen molar-refractivity contribution < 1.29 is 14.4 Å². The SMILES string of the molecule is Cc1ccc([C@H]2NC(=O)N(C)C3=C2C(=O)N(CC(=O)N2CCN(c4ccccn4)CC2)C3)cc1. The molecule has 0 saturated carbocycles. The van der Waals surface area contributed by atoms with E-state index < -0.39 is 6.04 Å². The summed E-state index contributed by atoms with van der Waals surface area (Å²) in [6.07, 6.45) is 1.76. The fourth-order valence-electron chi connectivity index (χ4n) is 4.75. The highest BCUT2D eigenvalue weighted by atomic mass is 16.2. The largest absolute Gasteiger partial charge is 0.353 e. The lowest BCUT2D eigenvalue weighted by atomic mass is 9.95. The summed E-state index contributed by atoms with van der Waals surface area (Å²) in [6, 6.07) is 12.8. The molecule has 1 aromatic carbocycles. The van der Waals surface area contributed by atoms with Crippen LogP contribution in [0.3, 0.4) is 0 Å². The minimum atomic E-state index is -0.520. The second-order valence-corrected chi connectivity index (χ2v) is 8.93. The zero-order valence-electron chi connectivity index (χ0n) is 19.4. The Kier molecular flexibility index (Phi) is 5.69. The van der Waals surface area contributed by atoms with Crippen molar-refractivity contribution in [1.82, 2.24) is 25.0 Å². The summed E-state index contributed by atoms with van der Waals surface area (Å²) in [6.45, 7) is 4.79. The highest BCUT2D eigenvalue weighted by Crippen LogP contribution is 2.35. The van der Waals surface area contributed by atoms with E-state index in [1.54, 1.807) is 23.0 Å². The van der Waals surface area contributed by atoms with Crippen LogP contribution in [0, 0.1) is 6.92 Å². The van der Waals surface area contributed by atoms with Gasteiger partial charge in [0.15, 0.2) is 0 Å². The molecule has 0 spiro atoms. The van der Waals surface area contributed by atoms with E-state index in [0.29, 0.717) is 37.4 Å². The molecule has 0 unspecified atom stereocenters. The van der Waals surface area contributed by atoms with Crippen molar-refractivity contribution >= 4 is 23.7 Å². The van der Waals surface area contributed by atoms with E-state index in [0.717, 1.165) is 16.9 Å². The van der Waals surface area contributed by atoms with E-state index in [1.807, 2.05) is 49.4 Å². The first kappa shape index (κ1) is 21.9. The third-order valence-corrected chi connectivity index (χ3v) is 6.78. The van der Waals surface area contributed by atoms with E-state index in [4.69, 9.17) is 0 Å². The van der Waals surface area contributed by atoms with Crippen molar-refractivity contribution in [3.63, 3.8) is 0 Å². The van der Waals surface area contributed by atoms with Crippen LogP contribution in [-0.2, 0) is 9.59 Å².